The van der Waals surface area contributed by atoms with Crippen molar-refractivity contribution in [2.24, 2.45) is 0 Å². The molecule has 21 heavy (non-hydrogen) atoms. The average molecular weight is 295 g/mol. The number of nitrogens with zero attached hydrogens (tertiary/aromatic N) is 2. The summed E-state index contributed by atoms with van der Waals surface area (Å²) in [5, 5.41) is 7.70. The Morgan fingerprint density at radius 3 is 2.43 bits per heavy atom. The van der Waals surface area contributed by atoms with Crippen molar-refractivity contribution in [3.05, 3.63) is 11.7 Å². The SMILES string of the molecule is CCCC1(c2nc(C(CC)(CC)OC)no2)CCNCC1. The van der Waals surface area contributed by atoms with Crippen LogP contribution < -0.4 is 5.32 Å². The molecule has 2 rings (SSSR count). The van der Waals surface area contributed by atoms with E-state index < -0.39 is 5.60 Å². The van der Waals surface area contributed by atoms with E-state index in [2.05, 4.69) is 31.2 Å². The second kappa shape index (κ2) is 6.88. The van der Waals surface area contributed by atoms with E-state index in [0.717, 1.165) is 57.5 Å². The Labute approximate surface area is 127 Å². The molecular weight excluding hydrogens is 266 g/mol. The van der Waals surface area contributed by atoms with E-state index >= 15 is 0 Å². The van der Waals surface area contributed by atoms with Gasteiger partial charge in [0.1, 0.15) is 5.60 Å². The second-order valence-electron chi connectivity index (χ2n) is 6.11. The van der Waals surface area contributed by atoms with E-state index in [4.69, 9.17) is 14.2 Å². The predicted molar refractivity (Wildman–Crippen MR) is 82.3 cm³/mol. The van der Waals surface area contributed by atoms with Crippen molar-refractivity contribution in [2.75, 3.05) is 20.2 Å². The lowest BCUT2D eigenvalue weighted by molar-refractivity contribution is -0.0306. The van der Waals surface area contributed by atoms with Crippen molar-refractivity contribution in [1.29, 1.82) is 0 Å². The van der Waals surface area contributed by atoms with Crippen molar-refractivity contribution in [3.8, 4) is 0 Å². The first-order chi connectivity index (χ1) is 10.2. The number of hydrogen-bond acceptors (Lipinski definition) is 5. The molecule has 0 bridgehead atoms. The molecule has 5 nitrogen and oxygen atoms in total. The molecule has 0 aromatic carbocycles. The van der Waals surface area contributed by atoms with Crippen LogP contribution in [0.25, 0.3) is 0 Å². The van der Waals surface area contributed by atoms with Gasteiger partial charge in [0.2, 0.25) is 11.7 Å². The van der Waals surface area contributed by atoms with Crippen LogP contribution in [0.2, 0.25) is 0 Å². The molecule has 0 spiro atoms. The van der Waals surface area contributed by atoms with Gasteiger partial charge in [-0.05, 0) is 45.2 Å². The largest absolute Gasteiger partial charge is 0.370 e. The number of rotatable bonds is 7. The molecule has 120 valence electrons. The Kier molecular flexibility index (Phi) is 5.38. The van der Waals surface area contributed by atoms with Crippen LogP contribution >= 0.6 is 0 Å². The van der Waals surface area contributed by atoms with Crippen molar-refractivity contribution in [2.45, 2.75) is 70.3 Å². The first-order valence-electron chi connectivity index (χ1n) is 8.27. The van der Waals surface area contributed by atoms with Crippen LogP contribution in [0.15, 0.2) is 4.52 Å². The van der Waals surface area contributed by atoms with Crippen LogP contribution in [-0.2, 0) is 15.8 Å². The summed E-state index contributed by atoms with van der Waals surface area (Å²) in [5.41, 5.74) is -0.367. The van der Waals surface area contributed by atoms with E-state index in [-0.39, 0.29) is 5.41 Å². The van der Waals surface area contributed by atoms with E-state index in [1.165, 1.54) is 0 Å². The molecule has 1 aromatic heterocycles. The van der Waals surface area contributed by atoms with Crippen molar-refractivity contribution < 1.29 is 9.26 Å². The zero-order valence-electron chi connectivity index (χ0n) is 13.9. The predicted octanol–water partition coefficient (Wildman–Crippen LogP) is 3.15. The fraction of sp³-hybridized carbons (Fsp3) is 0.875. The van der Waals surface area contributed by atoms with E-state index in [1.54, 1.807) is 7.11 Å². The first kappa shape index (κ1) is 16.4. The third-order valence-electron chi connectivity index (χ3n) is 5.11. The maximum absolute atomic E-state index is 5.72. The molecule has 1 aliphatic heterocycles. The summed E-state index contributed by atoms with van der Waals surface area (Å²) in [6, 6.07) is 0. The molecular formula is C16H29N3O2. The van der Waals surface area contributed by atoms with Crippen LogP contribution in [0.4, 0.5) is 0 Å². The topological polar surface area (TPSA) is 60.2 Å². The molecule has 1 fully saturated rings. The maximum Gasteiger partial charge on any atom is 0.233 e. The lowest BCUT2D eigenvalue weighted by Gasteiger charge is -2.34. The second-order valence-corrected chi connectivity index (χ2v) is 6.11. The monoisotopic (exact) mass is 295 g/mol. The molecule has 0 aliphatic carbocycles. The Hall–Kier alpha value is -0.940. The van der Waals surface area contributed by atoms with Crippen molar-refractivity contribution in [3.63, 3.8) is 0 Å². The Morgan fingerprint density at radius 1 is 1.24 bits per heavy atom. The summed E-state index contributed by atoms with van der Waals surface area (Å²) in [4.78, 5) is 4.78. The maximum atomic E-state index is 5.72. The number of piperidine rings is 1. The molecule has 0 amide bonds. The molecule has 5 heteroatoms. The van der Waals surface area contributed by atoms with Gasteiger partial charge in [-0.15, -0.1) is 0 Å². The van der Waals surface area contributed by atoms with Crippen LogP contribution in [0, 0.1) is 0 Å². The highest BCUT2D eigenvalue weighted by Gasteiger charge is 2.41. The Morgan fingerprint density at radius 2 is 1.90 bits per heavy atom. The minimum atomic E-state index is -0.415. The van der Waals surface area contributed by atoms with Gasteiger partial charge in [-0.3, -0.25) is 0 Å². The summed E-state index contributed by atoms with van der Waals surface area (Å²) in [7, 11) is 1.73. The van der Waals surface area contributed by atoms with Crippen molar-refractivity contribution >= 4 is 0 Å². The van der Waals surface area contributed by atoms with Crippen LogP contribution in [0.5, 0.6) is 0 Å². The third kappa shape index (κ3) is 2.99. The third-order valence-corrected chi connectivity index (χ3v) is 5.11. The molecule has 0 atom stereocenters. The highest BCUT2D eigenvalue weighted by Crippen LogP contribution is 2.39. The summed E-state index contributed by atoms with van der Waals surface area (Å²) in [6.45, 7) is 8.48. The van der Waals surface area contributed by atoms with Gasteiger partial charge < -0.3 is 14.6 Å². The van der Waals surface area contributed by atoms with E-state index in [0.29, 0.717) is 5.82 Å². The fourth-order valence-corrected chi connectivity index (χ4v) is 3.52. The van der Waals surface area contributed by atoms with Crippen LogP contribution in [0.3, 0.4) is 0 Å². The van der Waals surface area contributed by atoms with E-state index in [9.17, 15) is 0 Å². The molecule has 1 N–H and O–H groups in total. The van der Waals surface area contributed by atoms with Gasteiger partial charge in [-0.1, -0.05) is 32.3 Å². The number of nitrogens with one attached hydrogen (secondary N) is 1. The van der Waals surface area contributed by atoms with E-state index in [1.807, 2.05) is 0 Å². The number of methoxy groups -OCH3 is 1. The Balaban J connectivity index is 2.32. The fourth-order valence-electron chi connectivity index (χ4n) is 3.52. The minimum Gasteiger partial charge on any atom is -0.370 e. The summed E-state index contributed by atoms with van der Waals surface area (Å²) < 4.78 is 11.4. The molecule has 0 radical (unpaired) electrons. The van der Waals surface area contributed by atoms with Gasteiger partial charge in [0, 0.05) is 7.11 Å². The normalized spacial score (nSPS) is 18.9. The average Bonchev–Trinajstić information content (AvgIpc) is 3.02. The van der Waals surface area contributed by atoms with Gasteiger partial charge in [-0.25, -0.2) is 0 Å². The molecule has 1 saturated heterocycles. The van der Waals surface area contributed by atoms with Crippen LogP contribution in [-0.4, -0.2) is 30.3 Å². The molecule has 1 aromatic rings. The zero-order valence-corrected chi connectivity index (χ0v) is 13.9. The Bertz CT molecular complexity index is 421. The van der Waals surface area contributed by atoms with Gasteiger partial charge in [0.15, 0.2) is 0 Å². The lowest BCUT2D eigenvalue weighted by atomic mass is 9.75. The van der Waals surface area contributed by atoms with Crippen molar-refractivity contribution in [1.82, 2.24) is 15.5 Å². The quantitative estimate of drug-likeness (QED) is 0.837. The smallest absolute Gasteiger partial charge is 0.233 e. The van der Waals surface area contributed by atoms with Gasteiger partial charge in [-0.2, -0.15) is 4.98 Å². The van der Waals surface area contributed by atoms with Crippen LogP contribution in [0.1, 0.15) is 71.0 Å². The summed E-state index contributed by atoms with van der Waals surface area (Å²) in [6.07, 6.45) is 6.08. The molecule has 2 heterocycles. The first-order valence-corrected chi connectivity index (χ1v) is 8.27. The highest BCUT2D eigenvalue weighted by molar-refractivity contribution is 5.10. The summed E-state index contributed by atoms with van der Waals surface area (Å²) in [5.74, 6) is 1.52. The molecule has 1 aliphatic rings. The standard InChI is InChI=1S/C16H29N3O2/c1-5-8-15(9-11-17-12-10-15)14-18-13(19-21-14)16(6-2,7-3)20-4/h17H,5-12H2,1-4H3. The summed E-state index contributed by atoms with van der Waals surface area (Å²) >= 11 is 0. The molecule has 0 unspecified atom stereocenters. The lowest BCUT2D eigenvalue weighted by Crippen LogP contribution is -2.40. The number of ether oxygens (including phenoxy) is 1. The zero-order chi connectivity index (χ0) is 15.3. The highest BCUT2D eigenvalue weighted by atomic mass is 16.5. The number of aromatic nitrogens is 2. The number of hydrogen-bond donors (Lipinski definition) is 1. The van der Waals surface area contributed by atoms with Gasteiger partial charge in [0.05, 0.1) is 5.41 Å². The van der Waals surface area contributed by atoms with Gasteiger partial charge >= 0.3 is 0 Å². The molecule has 0 saturated carbocycles. The van der Waals surface area contributed by atoms with Gasteiger partial charge in [0.25, 0.3) is 0 Å². The minimum absolute atomic E-state index is 0.0478.